The largest absolute Gasteiger partial charge is 0.483 e. The number of unbranched alkanes of at least 4 members (excludes halogenated alkanes) is 1. The van der Waals surface area contributed by atoms with Crippen molar-refractivity contribution in [2.24, 2.45) is 0 Å². The highest BCUT2D eigenvalue weighted by Gasteiger charge is 2.30. The SMILES string of the molecule is CCCCNC(=O)[C@H](Cc1ccccc1)N(Cc1ccc(Cl)cc1)C(=O)COc1ccccc1C(C)C. The molecular weight excluding hydrogens is 484 g/mol. The summed E-state index contributed by atoms with van der Waals surface area (Å²) in [5.41, 5.74) is 2.91. The first kappa shape index (κ1) is 28.3. The molecule has 3 aromatic rings. The third-order valence-electron chi connectivity index (χ3n) is 6.26. The van der Waals surface area contributed by atoms with E-state index in [0.29, 0.717) is 23.7 Å². The molecule has 1 N–H and O–H groups in total. The summed E-state index contributed by atoms with van der Waals surface area (Å²) in [4.78, 5) is 28.8. The Kier molecular flexibility index (Phi) is 11.0. The third-order valence-corrected chi connectivity index (χ3v) is 6.51. The Bertz CT molecular complexity index is 1130. The molecule has 3 rings (SSSR count). The summed E-state index contributed by atoms with van der Waals surface area (Å²) >= 11 is 6.10. The highest BCUT2D eigenvalue weighted by molar-refractivity contribution is 6.30. The summed E-state index contributed by atoms with van der Waals surface area (Å²) < 4.78 is 6.03. The Balaban J connectivity index is 1.90. The zero-order valence-electron chi connectivity index (χ0n) is 22.0. The van der Waals surface area contributed by atoms with E-state index in [1.54, 1.807) is 17.0 Å². The maximum atomic E-state index is 13.7. The number of benzene rings is 3. The number of hydrogen-bond donors (Lipinski definition) is 1. The van der Waals surface area contributed by atoms with Gasteiger partial charge in [-0.3, -0.25) is 9.59 Å². The van der Waals surface area contributed by atoms with E-state index in [4.69, 9.17) is 16.3 Å². The Labute approximate surface area is 225 Å². The van der Waals surface area contributed by atoms with Crippen LogP contribution in [-0.2, 0) is 22.6 Å². The highest BCUT2D eigenvalue weighted by atomic mass is 35.5. The monoisotopic (exact) mass is 520 g/mol. The first-order valence-corrected chi connectivity index (χ1v) is 13.3. The molecule has 2 amide bonds. The molecule has 0 aliphatic rings. The van der Waals surface area contributed by atoms with Crippen molar-refractivity contribution in [3.63, 3.8) is 0 Å². The fraction of sp³-hybridized carbons (Fsp3) is 0.355. The standard InChI is InChI=1S/C31H37ClN2O3/c1-4-5-19-33-31(36)28(20-24-11-7-6-8-12-24)34(21-25-15-17-26(32)18-16-25)30(35)22-37-29-14-10-9-13-27(29)23(2)3/h6-18,23,28H,4-5,19-22H2,1-3H3,(H,33,36)/t28-/m0/s1. The van der Waals surface area contributed by atoms with Crippen LogP contribution < -0.4 is 10.1 Å². The molecule has 0 aliphatic heterocycles. The van der Waals surface area contributed by atoms with E-state index >= 15 is 0 Å². The maximum absolute atomic E-state index is 13.7. The minimum atomic E-state index is -0.689. The molecule has 0 bridgehead atoms. The van der Waals surface area contributed by atoms with E-state index in [1.165, 1.54) is 0 Å². The summed E-state index contributed by atoms with van der Waals surface area (Å²) in [6.07, 6.45) is 2.25. The van der Waals surface area contributed by atoms with Crippen LogP contribution in [0.2, 0.25) is 5.02 Å². The molecule has 0 unspecified atom stereocenters. The van der Waals surface area contributed by atoms with Gasteiger partial charge in [-0.2, -0.15) is 0 Å². The number of rotatable bonds is 13. The number of carbonyl (C=O) groups excluding carboxylic acids is 2. The maximum Gasteiger partial charge on any atom is 0.261 e. The molecule has 0 spiro atoms. The van der Waals surface area contributed by atoms with Gasteiger partial charge in [0.2, 0.25) is 5.91 Å². The molecule has 0 heterocycles. The zero-order valence-corrected chi connectivity index (χ0v) is 22.7. The number of nitrogens with one attached hydrogen (secondary N) is 1. The van der Waals surface area contributed by atoms with Crippen LogP contribution in [0.3, 0.4) is 0 Å². The second kappa shape index (κ2) is 14.4. The average molecular weight is 521 g/mol. The van der Waals surface area contributed by atoms with E-state index in [-0.39, 0.29) is 30.9 Å². The zero-order chi connectivity index (χ0) is 26.6. The first-order chi connectivity index (χ1) is 17.9. The fourth-order valence-corrected chi connectivity index (χ4v) is 4.28. The number of para-hydroxylation sites is 1. The van der Waals surface area contributed by atoms with Crippen LogP contribution >= 0.6 is 11.6 Å². The van der Waals surface area contributed by atoms with E-state index in [0.717, 1.165) is 29.5 Å². The molecular formula is C31H37ClN2O3. The lowest BCUT2D eigenvalue weighted by atomic mass is 10.0. The summed E-state index contributed by atoms with van der Waals surface area (Å²) in [7, 11) is 0. The van der Waals surface area contributed by atoms with Crippen molar-refractivity contribution in [3.8, 4) is 5.75 Å². The van der Waals surface area contributed by atoms with Gasteiger partial charge >= 0.3 is 0 Å². The molecule has 3 aromatic carbocycles. The Morgan fingerprint density at radius 1 is 0.919 bits per heavy atom. The van der Waals surface area contributed by atoms with E-state index < -0.39 is 6.04 Å². The second-order valence-corrected chi connectivity index (χ2v) is 9.92. The van der Waals surface area contributed by atoms with Gasteiger partial charge in [0, 0.05) is 24.5 Å². The molecule has 0 saturated heterocycles. The fourth-order valence-electron chi connectivity index (χ4n) is 4.16. The predicted octanol–water partition coefficient (Wildman–Crippen LogP) is 6.40. The molecule has 1 atom stereocenters. The van der Waals surface area contributed by atoms with Gasteiger partial charge in [-0.1, -0.05) is 99.5 Å². The smallest absolute Gasteiger partial charge is 0.261 e. The van der Waals surface area contributed by atoms with Gasteiger partial charge in [-0.25, -0.2) is 0 Å². The lowest BCUT2D eigenvalue weighted by molar-refractivity contribution is -0.142. The average Bonchev–Trinajstić information content (AvgIpc) is 2.91. The molecule has 37 heavy (non-hydrogen) atoms. The Morgan fingerprint density at radius 2 is 1.59 bits per heavy atom. The van der Waals surface area contributed by atoms with Crippen LogP contribution in [0.4, 0.5) is 0 Å². The molecule has 0 radical (unpaired) electrons. The van der Waals surface area contributed by atoms with Gasteiger partial charge in [0.15, 0.2) is 6.61 Å². The van der Waals surface area contributed by atoms with Crippen LogP contribution in [0.5, 0.6) is 5.75 Å². The number of carbonyl (C=O) groups is 2. The lowest BCUT2D eigenvalue weighted by Crippen LogP contribution is -2.51. The van der Waals surface area contributed by atoms with E-state index in [2.05, 4.69) is 26.1 Å². The van der Waals surface area contributed by atoms with Crippen molar-refractivity contribution in [2.45, 2.75) is 58.5 Å². The molecule has 6 heteroatoms. The van der Waals surface area contributed by atoms with Crippen molar-refractivity contribution in [1.82, 2.24) is 10.2 Å². The Morgan fingerprint density at radius 3 is 2.27 bits per heavy atom. The molecule has 0 fully saturated rings. The van der Waals surface area contributed by atoms with Crippen molar-refractivity contribution in [1.29, 1.82) is 0 Å². The lowest BCUT2D eigenvalue weighted by Gasteiger charge is -2.31. The van der Waals surface area contributed by atoms with Crippen LogP contribution in [0.25, 0.3) is 0 Å². The summed E-state index contributed by atoms with van der Waals surface area (Å²) in [6, 6.07) is 24.2. The van der Waals surface area contributed by atoms with Crippen LogP contribution in [-0.4, -0.2) is 35.9 Å². The number of amides is 2. The minimum absolute atomic E-state index is 0.162. The number of ether oxygens (including phenoxy) is 1. The molecule has 0 aliphatic carbocycles. The number of nitrogens with zero attached hydrogens (tertiary/aromatic N) is 1. The van der Waals surface area contributed by atoms with Gasteiger partial charge < -0.3 is 15.0 Å². The van der Waals surface area contributed by atoms with Crippen molar-refractivity contribution in [2.75, 3.05) is 13.2 Å². The summed E-state index contributed by atoms with van der Waals surface area (Å²) in [5.74, 6) is 0.526. The van der Waals surface area contributed by atoms with Gasteiger partial charge in [-0.05, 0) is 47.2 Å². The van der Waals surface area contributed by atoms with E-state index in [1.807, 2.05) is 66.7 Å². The molecule has 0 saturated carbocycles. The molecule has 196 valence electrons. The van der Waals surface area contributed by atoms with Gasteiger partial charge in [-0.15, -0.1) is 0 Å². The Hall–Kier alpha value is -3.31. The number of hydrogen-bond acceptors (Lipinski definition) is 3. The molecule has 5 nitrogen and oxygen atoms in total. The normalized spacial score (nSPS) is 11.7. The third kappa shape index (κ3) is 8.64. The van der Waals surface area contributed by atoms with Gasteiger partial charge in [0.05, 0.1) is 0 Å². The first-order valence-electron chi connectivity index (χ1n) is 13.0. The van der Waals surface area contributed by atoms with Crippen molar-refractivity contribution >= 4 is 23.4 Å². The van der Waals surface area contributed by atoms with Gasteiger partial charge in [0.25, 0.3) is 5.91 Å². The van der Waals surface area contributed by atoms with E-state index in [9.17, 15) is 9.59 Å². The number of halogens is 1. The molecule has 0 aromatic heterocycles. The van der Waals surface area contributed by atoms with Crippen LogP contribution in [0.1, 0.15) is 56.2 Å². The second-order valence-electron chi connectivity index (χ2n) is 9.48. The topological polar surface area (TPSA) is 58.6 Å². The van der Waals surface area contributed by atoms with Crippen LogP contribution in [0.15, 0.2) is 78.9 Å². The van der Waals surface area contributed by atoms with Gasteiger partial charge in [0.1, 0.15) is 11.8 Å². The minimum Gasteiger partial charge on any atom is -0.483 e. The van der Waals surface area contributed by atoms with Crippen molar-refractivity contribution in [3.05, 3.63) is 101 Å². The van der Waals surface area contributed by atoms with Crippen LogP contribution in [0, 0.1) is 0 Å². The summed E-state index contributed by atoms with van der Waals surface area (Å²) in [5, 5.41) is 3.66. The quantitative estimate of drug-likeness (QED) is 0.265. The van der Waals surface area contributed by atoms with Crippen molar-refractivity contribution < 1.29 is 14.3 Å². The predicted molar refractivity (Wildman–Crippen MR) is 150 cm³/mol. The summed E-state index contributed by atoms with van der Waals surface area (Å²) in [6.45, 7) is 6.94. The highest BCUT2D eigenvalue weighted by Crippen LogP contribution is 2.26.